The topological polar surface area (TPSA) is 76.9 Å². The molecule has 1 aliphatic heterocycles. The molecule has 0 radical (unpaired) electrons. The smallest absolute Gasteiger partial charge is 0.135 e. The molecule has 146 valence electrons. The van der Waals surface area contributed by atoms with Gasteiger partial charge in [-0.25, -0.2) is 9.97 Å². The molecule has 29 heavy (non-hydrogen) atoms. The third kappa shape index (κ3) is 4.82. The second-order valence-corrected chi connectivity index (χ2v) is 7.44. The molecule has 0 spiro atoms. The molecule has 0 saturated carbocycles. The number of rotatable bonds is 5. The van der Waals surface area contributed by atoms with Crippen LogP contribution in [0.3, 0.4) is 0 Å². The van der Waals surface area contributed by atoms with E-state index in [1.54, 1.807) is 12.1 Å². The lowest BCUT2D eigenvalue weighted by molar-refractivity contribution is 0.438. The number of nitrogens with zero attached hydrogens (tertiary/aromatic N) is 4. The summed E-state index contributed by atoms with van der Waals surface area (Å²) in [7, 11) is 0. The van der Waals surface area contributed by atoms with Crippen LogP contribution in [0.15, 0.2) is 60.9 Å². The molecule has 1 aliphatic rings. The maximum absolute atomic E-state index is 8.89. The van der Waals surface area contributed by atoms with Gasteiger partial charge in [0, 0.05) is 36.2 Å². The number of benzene rings is 2. The summed E-state index contributed by atoms with van der Waals surface area (Å²) in [5, 5.41) is 15.5. The molecule has 0 amide bonds. The van der Waals surface area contributed by atoms with Crippen LogP contribution in [0.1, 0.15) is 25.3 Å². The van der Waals surface area contributed by atoms with Crippen LogP contribution >= 0.6 is 0 Å². The molecular formula is C23H24N6. The summed E-state index contributed by atoms with van der Waals surface area (Å²) >= 11 is 0. The Labute approximate surface area is 171 Å². The molecule has 0 aliphatic carbocycles. The fraction of sp³-hybridized carbons (Fsp3) is 0.261. The van der Waals surface area contributed by atoms with Crippen molar-refractivity contribution >= 4 is 28.7 Å². The van der Waals surface area contributed by atoms with Crippen LogP contribution in [-0.2, 0) is 0 Å². The second-order valence-electron chi connectivity index (χ2n) is 7.44. The van der Waals surface area contributed by atoms with Gasteiger partial charge in [-0.05, 0) is 67.3 Å². The summed E-state index contributed by atoms with van der Waals surface area (Å²) in [6.45, 7) is 4.59. The van der Waals surface area contributed by atoms with Crippen molar-refractivity contribution in [3.8, 4) is 6.07 Å². The molecule has 4 rings (SSSR count). The Kier molecular flexibility index (Phi) is 5.57. The lowest BCUT2D eigenvalue weighted by Crippen LogP contribution is -2.32. The Morgan fingerprint density at radius 1 is 0.897 bits per heavy atom. The monoisotopic (exact) mass is 384 g/mol. The van der Waals surface area contributed by atoms with Gasteiger partial charge >= 0.3 is 0 Å². The van der Waals surface area contributed by atoms with Crippen molar-refractivity contribution in [3.63, 3.8) is 0 Å². The van der Waals surface area contributed by atoms with Crippen molar-refractivity contribution < 1.29 is 0 Å². The van der Waals surface area contributed by atoms with E-state index in [0.29, 0.717) is 11.4 Å². The Morgan fingerprint density at radius 3 is 2.00 bits per heavy atom. The lowest BCUT2D eigenvalue weighted by atomic mass is 9.99. The minimum absolute atomic E-state index is 0.628. The van der Waals surface area contributed by atoms with Gasteiger partial charge in [0.1, 0.15) is 18.0 Å². The highest BCUT2D eigenvalue weighted by atomic mass is 15.1. The number of piperidine rings is 1. The molecule has 2 heterocycles. The summed E-state index contributed by atoms with van der Waals surface area (Å²) in [4.78, 5) is 11.0. The Hall–Kier alpha value is -3.59. The first-order valence-corrected chi connectivity index (χ1v) is 9.91. The van der Waals surface area contributed by atoms with Gasteiger partial charge in [0.05, 0.1) is 11.6 Å². The molecule has 1 aromatic heterocycles. The number of hydrogen-bond acceptors (Lipinski definition) is 6. The van der Waals surface area contributed by atoms with E-state index < -0.39 is 0 Å². The Bertz CT molecular complexity index is 983. The van der Waals surface area contributed by atoms with Gasteiger partial charge in [-0.3, -0.25) is 0 Å². The van der Waals surface area contributed by atoms with E-state index in [1.165, 1.54) is 24.9 Å². The standard InChI is InChI=1S/C23H24N6/c1-17-10-12-29(13-11-17)21-8-6-20(7-9-21)28-23-14-22(25-16-26-23)27-19-4-2-18(15-24)3-5-19/h2-9,14,16-17H,10-13H2,1H3,(H2,25,26,27,28). The minimum atomic E-state index is 0.628. The lowest BCUT2D eigenvalue weighted by Gasteiger charge is -2.32. The van der Waals surface area contributed by atoms with Crippen LogP contribution in [0.25, 0.3) is 0 Å². The molecule has 2 aromatic carbocycles. The fourth-order valence-corrected chi connectivity index (χ4v) is 3.44. The van der Waals surface area contributed by atoms with Crippen molar-refractivity contribution in [3.05, 3.63) is 66.5 Å². The van der Waals surface area contributed by atoms with Crippen LogP contribution < -0.4 is 15.5 Å². The van der Waals surface area contributed by atoms with Gasteiger partial charge in [0.2, 0.25) is 0 Å². The molecule has 2 N–H and O–H groups in total. The van der Waals surface area contributed by atoms with Gasteiger partial charge in [-0.15, -0.1) is 0 Å². The van der Waals surface area contributed by atoms with Crippen molar-refractivity contribution in [2.75, 3.05) is 28.6 Å². The molecule has 1 saturated heterocycles. The van der Waals surface area contributed by atoms with Gasteiger partial charge in [-0.1, -0.05) is 6.92 Å². The van der Waals surface area contributed by atoms with E-state index in [2.05, 4.69) is 62.8 Å². The van der Waals surface area contributed by atoms with E-state index in [4.69, 9.17) is 5.26 Å². The van der Waals surface area contributed by atoms with Crippen molar-refractivity contribution in [2.24, 2.45) is 5.92 Å². The number of hydrogen-bond donors (Lipinski definition) is 2. The second kappa shape index (κ2) is 8.61. The van der Waals surface area contributed by atoms with Crippen molar-refractivity contribution in [2.45, 2.75) is 19.8 Å². The highest BCUT2D eigenvalue weighted by molar-refractivity contribution is 5.65. The van der Waals surface area contributed by atoms with Gasteiger partial charge in [0.25, 0.3) is 0 Å². The summed E-state index contributed by atoms with van der Waals surface area (Å²) in [5.41, 5.74) is 3.76. The number of nitrogens with one attached hydrogen (secondary N) is 2. The zero-order valence-corrected chi connectivity index (χ0v) is 16.5. The van der Waals surface area contributed by atoms with E-state index in [1.807, 2.05) is 18.2 Å². The number of anilines is 5. The number of aromatic nitrogens is 2. The highest BCUT2D eigenvalue weighted by Crippen LogP contribution is 2.25. The molecule has 6 nitrogen and oxygen atoms in total. The zero-order chi connectivity index (χ0) is 20.1. The molecule has 1 fully saturated rings. The fourth-order valence-electron chi connectivity index (χ4n) is 3.44. The van der Waals surface area contributed by atoms with Crippen LogP contribution in [0.5, 0.6) is 0 Å². The van der Waals surface area contributed by atoms with Crippen LogP contribution in [0, 0.1) is 17.2 Å². The minimum Gasteiger partial charge on any atom is -0.372 e. The van der Waals surface area contributed by atoms with Crippen molar-refractivity contribution in [1.29, 1.82) is 5.26 Å². The molecule has 3 aromatic rings. The van der Waals surface area contributed by atoms with E-state index in [0.717, 1.165) is 36.2 Å². The van der Waals surface area contributed by atoms with E-state index in [-0.39, 0.29) is 0 Å². The quantitative estimate of drug-likeness (QED) is 0.639. The first-order chi connectivity index (χ1) is 14.2. The maximum atomic E-state index is 8.89. The first kappa shape index (κ1) is 18.8. The van der Waals surface area contributed by atoms with Crippen LogP contribution in [-0.4, -0.2) is 23.1 Å². The van der Waals surface area contributed by atoms with Crippen molar-refractivity contribution in [1.82, 2.24) is 9.97 Å². The largest absolute Gasteiger partial charge is 0.372 e. The van der Waals surface area contributed by atoms with E-state index >= 15 is 0 Å². The van der Waals surface area contributed by atoms with Gasteiger partial charge < -0.3 is 15.5 Å². The molecule has 0 unspecified atom stereocenters. The SMILES string of the molecule is CC1CCN(c2ccc(Nc3cc(Nc4ccc(C#N)cc4)ncn3)cc2)CC1. The third-order valence-corrected chi connectivity index (χ3v) is 5.24. The average Bonchev–Trinajstić information content (AvgIpc) is 2.76. The molecule has 0 atom stereocenters. The summed E-state index contributed by atoms with van der Waals surface area (Å²) in [5.74, 6) is 2.24. The van der Waals surface area contributed by atoms with E-state index in [9.17, 15) is 0 Å². The predicted octanol–water partition coefficient (Wildman–Crippen LogP) is 5.07. The number of nitriles is 1. The maximum Gasteiger partial charge on any atom is 0.135 e. The zero-order valence-electron chi connectivity index (χ0n) is 16.5. The summed E-state index contributed by atoms with van der Waals surface area (Å²) < 4.78 is 0. The Balaban J connectivity index is 1.40. The predicted molar refractivity (Wildman–Crippen MR) is 117 cm³/mol. The summed E-state index contributed by atoms with van der Waals surface area (Å²) in [6, 6.07) is 19.7. The van der Waals surface area contributed by atoms with Gasteiger partial charge in [0.15, 0.2) is 0 Å². The van der Waals surface area contributed by atoms with Crippen LogP contribution in [0.4, 0.5) is 28.7 Å². The molecule has 0 bridgehead atoms. The normalized spacial score (nSPS) is 14.3. The highest BCUT2D eigenvalue weighted by Gasteiger charge is 2.15. The summed E-state index contributed by atoms with van der Waals surface area (Å²) in [6.07, 6.45) is 4.05. The first-order valence-electron chi connectivity index (χ1n) is 9.91. The average molecular weight is 384 g/mol. The third-order valence-electron chi connectivity index (χ3n) is 5.24. The Morgan fingerprint density at radius 2 is 1.45 bits per heavy atom. The van der Waals surface area contributed by atoms with Crippen LogP contribution in [0.2, 0.25) is 0 Å². The molecular weight excluding hydrogens is 360 g/mol. The van der Waals surface area contributed by atoms with Gasteiger partial charge in [-0.2, -0.15) is 5.26 Å². The molecule has 6 heteroatoms.